The van der Waals surface area contributed by atoms with Crippen LogP contribution in [0.25, 0.3) is 11.1 Å². The topological polar surface area (TPSA) is 72.3 Å². The van der Waals surface area contributed by atoms with Gasteiger partial charge in [0, 0.05) is 23.5 Å². The molecule has 0 bridgehead atoms. The summed E-state index contributed by atoms with van der Waals surface area (Å²) in [5, 5.41) is 9.08. The van der Waals surface area contributed by atoms with Gasteiger partial charge in [-0.05, 0) is 25.1 Å². The molecule has 2 aromatic rings. The average Bonchev–Trinajstić information content (AvgIpc) is 2.39. The predicted molar refractivity (Wildman–Crippen MR) is 65.7 cm³/mol. The molecule has 0 fully saturated rings. The van der Waals surface area contributed by atoms with Crippen LogP contribution in [0, 0.1) is 6.92 Å². The molecule has 92 valence electrons. The van der Waals surface area contributed by atoms with Gasteiger partial charge in [0.1, 0.15) is 0 Å². The minimum atomic E-state index is -0.996. The molecule has 2 aromatic heterocycles. The average molecular weight is 244 g/mol. The Labute approximate surface area is 104 Å². The molecular formula is C13H12N2O3. The minimum Gasteiger partial charge on any atom is -0.481 e. The van der Waals surface area contributed by atoms with Crippen LogP contribution in [0.5, 0.6) is 5.88 Å². The number of methoxy groups -OCH3 is 1. The zero-order chi connectivity index (χ0) is 13.1. The third-order valence-corrected chi connectivity index (χ3v) is 2.59. The first-order valence-electron chi connectivity index (χ1n) is 5.33. The summed E-state index contributed by atoms with van der Waals surface area (Å²) in [5.41, 5.74) is 2.05. The van der Waals surface area contributed by atoms with Crippen molar-refractivity contribution < 1.29 is 14.6 Å². The molecule has 18 heavy (non-hydrogen) atoms. The van der Waals surface area contributed by atoms with Crippen LogP contribution in [0.15, 0.2) is 30.6 Å². The Morgan fingerprint density at radius 2 is 2.17 bits per heavy atom. The van der Waals surface area contributed by atoms with Crippen LogP contribution < -0.4 is 4.74 Å². The maximum Gasteiger partial charge on any atom is 0.337 e. The molecule has 0 radical (unpaired) electrons. The monoisotopic (exact) mass is 244 g/mol. The van der Waals surface area contributed by atoms with Crippen molar-refractivity contribution in [1.29, 1.82) is 0 Å². The molecule has 0 amide bonds. The second-order valence-electron chi connectivity index (χ2n) is 3.72. The van der Waals surface area contributed by atoms with Gasteiger partial charge in [0.25, 0.3) is 0 Å². The number of nitrogens with zero attached hydrogens (tertiary/aromatic N) is 2. The lowest BCUT2D eigenvalue weighted by atomic mass is 10.1. The molecule has 0 saturated heterocycles. The molecule has 2 heterocycles. The first-order valence-corrected chi connectivity index (χ1v) is 5.33. The number of pyridine rings is 2. The largest absolute Gasteiger partial charge is 0.481 e. The smallest absolute Gasteiger partial charge is 0.337 e. The third kappa shape index (κ3) is 2.15. The normalized spacial score (nSPS) is 10.1. The number of ether oxygens (including phenoxy) is 1. The summed E-state index contributed by atoms with van der Waals surface area (Å²) in [4.78, 5) is 19.2. The van der Waals surface area contributed by atoms with E-state index in [0.717, 1.165) is 5.56 Å². The predicted octanol–water partition coefficient (Wildman–Crippen LogP) is 2.16. The molecular weight excluding hydrogens is 232 g/mol. The molecule has 5 heteroatoms. The summed E-state index contributed by atoms with van der Waals surface area (Å²) in [6, 6.07) is 5.15. The Hall–Kier alpha value is -2.43. The number of aromatic nitrogens is 2. The van der Waals surface area contributed by atoms with Gasteiger partial charge in [-0.2, -0.15) is 0 Å². The number of carbonyl (C=O) groups is 1. The summed E-state index contributed by atoms with van der Waals surface area (Å²) >= 11 is 0. The van der Waals surface area contributed by atoms with Crippen LogP contribution in [-0.4, -0.2) is 28.2 Å². The van der Waals surface area contributed by atoms with Crippen molar-refractivity contribution in [2.45, 2.75) is 6.92 Å². The first kappa shape index (κ1) is 12.0. The lowest BCUT2D eigenvalue weighted by Crippen LogP contribution is -2.02. The molecule has 0 aliphatic carbocycles. The summed E-state index contributed by atoms with van der Waals surface area (Å²) in [6.45, 7) is 1.66. The summed E-state index contributed by atoms with van der Waals surface area (Å²) in [6.07, 6.45) is 3.23. The van der Waals surface area contributed by atoms with Crippen molar-refractivity contribution in [2.75, 3.05) is 7.11 Å². The minimum absolute atomic E-state index is 0.179. The number of carboxylic acids is 1. The quantitative estimate of drug-likeness (QED) is 0.895. The van der Waals surface area contributed by atoms with E-state index in [1.807, 2.05) is 6.07 Å². The van der Waals surface area contributed by atoms with Gasteiger partial charge in [-0.15, -0.1) is 0 Å². The Morgan fingerprint density at radius 1 is 1.39 bits per heavy atom. The first-order chi connectivity index (χ1) is 8.63. The van der Waals surface area contributed by atoms with Crippen LogP contribution in [0.3, 0.4) is 0 Å². The van der Waals surface area contributed by atoms with Gasteiger partial charge < -0.3 is 9.84 Å². The summed E-state index contributed by atoms with van der Waals surface area (Å²) in [5.74, 6) is -0.552. The number of carboxylic acid groups (broad SMARTS) is 1. The highest BCUT2D eigenvalue weighted by atomic mass is 16.5. The third-order valence-electron chi connectivity index (χ3n) is 2.59. The van der Waals surface area contributed by atoms with Crippen molar-refractivity contribution in [2.24, 2.45) is 0 Å². The molecule has 2 rings (SSSR count). The van der Waals surface area contributed by atoms with Gasteiger partial charge in [-0.1, -0.05) is 0 Å². The van der Waals surface area contributed by atoms with E-state index in [1.54, 1.807) is 31.5 Å². The Balaban J connectivity index is 2.58. The summed E-state index contributed by atoms with van der Waals surface area (Å²) < 4.78 is 5.14. The van der Waals surface area contributed by atoms with E-state index in [4.69, 9.17) is 9.84 Å². The molecule has 0 aliphatic heterocycles. The molecule has 0 saturated carbocycles. The van der Waals surface area contributed by atoms with Gasteiger partial charge >= 0.3 is 5.97 Å². The lowest BCUT2D eigenvalue weighted by Gasteiger charge is -2.08. The van der Waals surface area contributed by atoms with Crippen molar-refractivity contribution >= 4 is 5.97 Å². The maximum absolute atomic E-state index is 11.1. The fourth-order valence-corrected chi connectivity index (χ4v) is 1.67. The highest BCUT2D eigenvalue weighted by molar-refractivity contribution is 5.90. The van der Waals surface area contributed by atoms with Gasteiger partial charge in [0.2, 0.25) is 5.88 Å². The lowest BCUT2D eigenvalue weighted by molar-refractivity contribution is 0.0695. The second kappa shape index (κ2) is 4.83. The van der Waals surface area contributed by atoms with Crippen LogP contribution in [0.4, 0.5) is 0 Å². The number of hydrogen-bond donors (Lipinski definition) is 1. The van der Waals surface area contributed by atoms with Gasteiger partial charge in [0.05, 0.1) is 18.4 Å². The van der Waals surface area contributed by atoms with Crippen LogP contribution in [0.1, 0.15) is 16.1 Å². The fourth-order valence-electron chi connectivity index (χ4n) is 1.67. The van der Waals surface area contributed by atoms with Gasteiger partial charge in [-0.3, -0.25) is 4.98 Å². The number of hydrogen-bond acceptors (Lipinski definition) is 4. The molecule has 0 unspecified atom stereocenters. The van der Waals surface area contributed by atoms with E-state index in [0.29, 0.717) is 17.1 Å². The van der Waals surface area contributed by atoms with E-state index in [2.05, 4.69) is 9.97 Å². The van der Waals surface area contributed by atoms with Crippen molar-refractivity contribution in [3.05, 3.63) is 41.9 Å². The highest BCUT2D eigenvalue weighted by Gasteiger charge is 2.12. The van der Waals surface area contributed by atoms with Crippen molar-refractivity contribution in [3.63, 3.8) is 0 Å². The standard InChI is InChI=1S/C13H12N2O3/c1-8-11(13(16)17)6-9(7-15-8)10-4-3-5-14-12(10)18-2/h3-7H,1-2H3,(H,16,17). The Bertz CT molecular complexity index is 597. The molecule has 0 atom stereocenters. The van der Waals surface area contributed by atoms with E-state index in [1.165, 1.54) is 7.11 Å². The zero-order valence-electron chi connectivity index (χ0n) is 10.0. The second-order valence-corrected chi connectivity index (χ2v) is 3.72. The Kier molecular flexibility index (Phi) is 3.23. The van der Waals surface area contributed by atoms with E-state index in [9.17, 15) is 4.79 Å². The van der Waals surface area contributed by atoms with Crippen LogP contribution in [0.2, 0.25) is 0 Å². The number of aryl methyl sites for hydroxylation is 1. The van der Waals surface area contributed by atoms with Crippen molar-refractivity contribution in [1.82, 2.24) is 9.97 Å². The molecule has 0 aliphatic rings. The van der Waals surface area contributed by atoms with Gasteiger partial charge in [0.15, 0.2) is 0 Å². The zero-order valence-corrected chi connectivity index (χ0v) is 10.0. The Morgan fingerprint density at radius 3 is 2.83 bits per heavy atom. The summed E-state index contributed by atoms with van der Waals surface area (Å²) in [7, 11) is 1.52. The number of aromatic carboxylic acids is 1. The molecule has 1 N–H and O–H groups in total. The van der Waals surface area contributed by atoms with Crippen LogP contribution in [-0.2, 0) is 0 Å². The van der Waals surface area contributed by atoms with E-state index in [-0.39, 0.29) is 5.56 Å². The van der Waals surface area contributed by atoms with E-state index < -0.39 is 5.97 Å². The highest BCUT2D eigenvalue weighted by Crippen LogP contribution is 2.28. The molecule has 5 nitrogen and oxygen atoms in total. The van der Waals surface area contributed by atoms with Crippen LogP contribution >= 0.6 is 0 Å². The van der Waals surface area contributed by atoms with Gasteiger partial charge in [-0.25, -0.2) is 9.78 Å². The van der Waals surface area contributed by atoms with E-state index >= 15 is 0 Å². The molecule has 0 aromatic carbocycles. The maximum atomic E-state index is 11.1. The molecule has 0 spiro atoms. The number of rotatable bonds is 3. The fraction of sp³-hybridized carbons (Fsp3) is 0.154. The van der Waals surface area contributed by atoms with Crippen molar-refractivity contribution in [3.8, 4) is 17.0 Å². The SMILES string of the molecule is COc1ncccc1-c1cnc(C)c(C(=O)O)c1.